The van der Waals surface area contributed by atoms with Crippen molar-refractivity contribution in [1.82, 2.24) is 19.8 Å². The molecule has 4 fully saturated rings. The summed E-state index contributed by atoms with van der Waals surface area (Å²) in [6.45, 7) is 3.86. The number of nitrogens with zero attached hydrogens (tertiary/aromatic N) is 4. The number of aryl methyl sites for hydroxylation is 1. The molecule has 8 nitrogen and oxygen atoms in total. The number of phenolic OH excluding ortho intramolecular Hbond substituents is 1. The zero-order valence-corrected chi connectivity index (χ0v) is 26.0. The molecule has 4 aliphatic rings. The summed E-state index contributed by atoms with van der Waals surface area (Å²) in [7, 11) is 2.07. The second-order valence-corrected chi connectivity index (χ2v) is 13.2. The van der Waals surface area contributed by atoms with Gasteiger partial charge in [-0.25, -0.2) is 9.37 Å². The first-order valence-corrected chi connectivity index (χ1v) is 16.2. The number of pyridine rings is 2. The van der Waals surface area contributed by atoms with Crippen molar-refractivity contribution in [2.24, 2.45) is 5.92 Å². The molecular formula is C37H36FN5O3. The van der Waals surface area contributed by atoms with Crippen LogP contribution in [0, 0.1) is 23.1 Å². The van der Waals surface area contributed by atoms with E-state index in [9.17, 15) is 15.2 Å². The Kier molecular flexibility index (Phi) is 6.96. The Hall–Kier alpha value is -4.52. The summed E-state index contributed by atoms with van der Waals surface area (Å²) in [5.41, 5.74) is 1.96. The fourth-order valence-corrected chi connectivity index (χ4v) is 8.34. The van der Waals surface area contributed by atoms with Crippen LogP contribution < -0.4 is 15.5 Å². The van der Waals surface area contributed by atoms with Gasteiger partial charge in [0.25, 0.3) is 0 Å². The maximum absolute atomic E-state index is 17.4. The van der Waals surface area contributed by atoms with Crippen molar-refractivity contribution < 1.29 is 14.2 Å². The highest BCUT2D eigenvalue weighted by atomic mass is 19.1. The van der Waals surface area contributed by atoms with Gasteiger partial charge in [0.15, 0.2) is 11.2 Å². The maximum Gasteiger partial charge on any atom is 0.227 e. The molecule has 9 rings (SSSR count). The third-order valence-corrected chi connectivity index (χ3v) is 10.6. The van der Waals surface area contributed by atoms with Crippen molar-refractivity contribution >= 4 is 32.6 Å². The summed E-state index contributed by atoms with van der Waals surface area (Å²) in [5.74, 6) is 0.0159. The Labute approximate surface area is 266 Å². The number of fused-ring (bicyclic) bond motifs is 5. The normalized spacial score (nSPS) is 23.2. The zero-order chi connectivity index (χ0) is 31.7. The smallest absolute Gasteiger partial charge is 0.227 e. The molecule has 0 spiro atoms. The zero-order valence-electron chi connectivity index (χ0n) is 26.0. The predicted molar refractivity (Wildman–Crippen MR) is 177 cm³/mol. The molecule has 5 heterocycles. The van der Waals surface area contributed by atoms with Crippen molar-refractivity contribution in [2.75, 3.05) is 20.1 Å². The van der Waals surface area contributed by atoms with Gasteiger partial charge >= 0.3 is 0 Å². The van der Waals surface area contributed by atoms with E-state index >= 15 is 4.39 Å². The van der Waals surface area contributed by atoms with Crippen molar-refractivity contribution in [3.63, 3.8) is 0 Å². The summed E-state index contributed by atoms with van der Waals surface area (Å²) >= 11 is 0. The van der Waals surface area contributed by atoms with Crippen LogP contribution in [0.1, 0.15) is 44.2 Å². The lowest BCUT2D eigenvalue weighted by Crippen LogP contribution is -2.39. The number of hydrogen-bond donors (Lipinski definition) is 2. The molecule has 2 aromatic heterocycles. The molecule has 0 amide bonds. The highest BCUT2D eigenvalue weighted by molar-refractivity contribution is 6.09. The van der Waals surface area contributed by atoms with Crippen LogP contribution in [0.4, 0.5) is 4.39 Å². The minimum Gasteiger partial charge on any atom is -0.508 e. The van der Waals surface area contributed by atoms with Crippen LogP contribution in [-0.4, -0.2) is 57.9 Å². The molecule has 3 aliphatic heterocycles. The number of aromatic hydroxyl groups is 1. The number of phenols is 1. The number of rotatable bonds is 7. The minimum atomic E-state index is -0.559. The lowest BCUT2D eigenvalue weighted by molar-refractivity contribution is 0.119. The van der Waals surface area contributed by atoms with Gasteiger partial charge in [0.1, 0.15) is 22.8 Å². The third-order valence-electron chi connectivity index (χ3n) is 10.6. The predicted octanol–water partition coefficient (Wildman–Crippen LogP) is 6.07. The molecule has 234 valence electrons. The van der Waals surface area contributed by atoms with E-state index in [0.717, 1.165) is 43.1 Å². The first-order valence-electron chi connectivity index (χ1n) is 16.2. The molecule has 0 radical (unpaired) electrons. The Morgan fingerprint density at radius 2 is 2.07 bits per heavy atom. The van der Waals surface area contributed by atoms with E-state index in [1.165, 1.54) is 0 Å². The van der Waals surface area contributed by atoms with Crippen LogP contribution in [0.25, 0.3) is 43.7 Å². The van der Waals surface area contributed by atoms with Crippen molar-refractivity contribution in [1.29, 1.82) is 5.26 Å². The summed E-state index contributed by atoms with van der Waals surface area (Å²) < 4.78 is 26.1. The second-order valence-electron chi connectivity index (χ2n) is 13.2. The van der Waals surface area contributed by atoms with Gasteiger partial charge in [0, 0.05) is 48.3 Å². The van der Waals surface area contributed by atoms with Crippen molar-refractivity contribution in [2.45, 2.75) is 63.3 Å². The monoisotopic (exact) mass is 617 g/mol. The fraction of sp³-hybridized carbons (Fsp3) is 0.378. The molecule has 1 aliphatic carbocycles. The van der Waals surface area contributed by atoms with Gasteiger partial charge in [-0.2, -0.15) is 5.26 Å². The van der Waals surface area contributed by atoms with E-state index in [4.69, 9.17) is 9.72 Å². The highest BCUT2D eigenvalue weighted by Crippen LogP contribution is 2.47. The fourth-order valence-electron chi connectivity index (χ4n) is 8.34. The number of halogens is 1. The van der Waals surface area contributed by atoms with Gasteiger partial charge in [-0.1, -0.05) is 24.3 Å². The third kappa shape index (κ3) is 4.46. The Morgan fingerprint density at radius 3 is 2.80 bits per heavy atom. The van der Waals surface area contributed by atoms with Crippen LogP contribution in [0.2, 0.25) is 0 Å². The quantitative estimate of drug-likeness (QED) is 0.214. The number of likely N-dealkylation sites (tertiary alicyclic amines) is 1. The van der Waals surface area contributed by atoms with Gasteiger partial charge in [-0.15, -0.1) is 0 Å². The van der Waals surface area contributed by atoms with Gasteiger partial charge in [-0.3, -0.25) is 9.69 Å². The number of nitriles is 1. The Morgan fingerprint density at radius 1 is 1.22 bits per heavy atom. The molecule has 2 N–H and O–H groups in total. The summed E-state index contributed by atoms with van der Waals surface area (Å²) in [6.07, 6.45) is 5.12. The van der Waals surface area contributed by atoms with Crippen molar-refractivity contribution in [3.05, 3.63) is 76.3 Å². The lowest BCUT2D eigenvalue weighted by atomic mass is 9.79. The van der Waals surface area contributed by atoms with Gasteiger partial charge in [0.2, 0.25) is 5.88 Å². The summed E-state index contributed by atoms with van der Waals surface area (Å²) in [5, 5.41) is 26.3. The Balaban J connectivity index is 1.45. The standard InChI is InChI=1S/C37H36FN5O3/c1-20(29-10-6-13-42(29)2)46-37-32-30(45)11-14-43(35-23-17-28(35)40-19-23)36(32)27-16-22(8-5-12-39)31(33(38)34(27)41-37)26-18-24(44)15-21-7-3-4-9-25(21)26/h3-4,7,9,11,14-16,18,20,23,28-29,35,40,44H,5-6,8,10,13,17,19H2,1-2H3/t20-,23+,28+,29-,35?/m0/s1. The van der Waals surface area contributed by atoms with Gasteiger partial charge in [-0.05, 0) is 92.2 Å². The second kappa shape index (κ2) is 11.1. The maximum atomic E-state index is 17.4. The largest absolute Gasteiger partial charge is 0.508 e. The molecule has 2 bridgehead atoms. The molecule has 5 atom stereocenters. The molecule has 9 heteroatoms. The van der Waals surface area contributed by atoms with Crippen LogP contribution in [0.15, 0.2) is 59.5 Å². The summed E-state index contributed by atoms with van der Waals surface area (Å²) in [6, 6.07) is 17.0. The number of nitrogens with one attached hydrogen (secondary N) is 1. The minimum absolute atomic E-state index is 0.0197. The van der Waals surface area contributed by atoms with E-state index in [-0.39, 0.29) is 53.2 Å². The lowest BCUT2D eigenvalue weighted by Gasteiger charge is -2.37. The van der Waals surface area contributed by atoms with Crippen LogP contribution in [0.3, 0.4) is 0 Å². The molecule has 46 heavy (non-hydrogen) atoms. The topological polar surface area (TPSA) is 103 Å². The van der Waals surface area contributed by atoms with Gasteiger partial charge in [0.05, 0.1) is 17.6 Å². The van der Waals surface area contributed by atoms with E-state index < -0.39 is 5.82 Å². The molecular weight excluding hydrogens is 581 g/mol. The van der Waals surface area contributed by atoms with Crippen LogP contribution >= 0.6 is 0 Å². The molecule has 3 saturated heterocycles. The van der Waals surface area contributed by atoms with E-state index in [1.54, 1.807) is 18.2 Å². The average molecular weight is 618 g/mol. The highest BCUT2D eigenvalue weighted by Gasteiger charge is 2.48. The number of benzene rings is 3. The summed E-state index contributed by atoms with van der Waals surface area (Å²) in [4.78, 5) is 20.9. The van der Waals surface area contributed by atoms with Crippen LogP contribution in [-0.2, 0) is 6.42 Å². The number of aromatic nitrogens is 2. The van der Waals surface area contributed by atoms with Gasteiger partial charge < -0.3 is 19.7 Å². The molecule has 1 unspecified atom stereocenters. The Bertz CT molecular complexity index is 2120. The molecule has 1 saturated carbocycles. The first-order chi connectivity index (χ1) is 22.3. The number of ether oxygens (including phenoxy) is 1. The van der Waals surface area contributed by atoms with Crippen molar-refractivity contribution in [3.8, 4) is 28.8 Å². The van der Waals surface area contributed by atoms with Crippen LogP contribution in [0.5, 0.6) is 11.6 Å². The first kappa shape index (κ1) is 28.9. The SMILES string of the molecule is C[C@H](Oc1nc2c(F)c(-c3cc(O)cc4ccccc34)c(CCC#N)cc2c2c1c(=O)ccn2C1[C@H]2CN[C@@H]1C2)[C@@H]1CCCN1C. The molecule has 5 aromatic rings. The average Bonchev–Trinajstić information content (AvgIpc) is 3.80. The molecule has 3 aromatic carbocycles. The van der Waals surface area contributed by atoms with E-state index in [1.807, 2.05) is 43.5 Å². The number of hydrogen-bond acceptors (Lipinski definition) is 7. The van der Waals surface area contributed by atoms with E-state index in [0.29, 0.717) is 45.3 Å². The number of likely N-dealkylation sites (N-methyl/N-ethyl adjacent to an activating group) is 1. The van der Waals surface area contributed by atoms with E-state index in [2.05, 4.69) is 27.9 Å².